The lowest BCUT2D eigenvalue weighted by Gasteiger charge is -2.37. The van der Waals surface area contributed by atoms with E-state index in [-0.39, 0.29) is 11.1 Å². The molecule has 2 unspecified atom stereocenters. The summed E-state index contributed by atoms with van der Waals surface area (Å²) in [6.45, 7) is 5.68. The second-order valence-corrected chi connectivity index (χ2v) is 9.63. The molecule has 1 aromatic heterocycles. The van der Waals surface area contributed by atoms with Crippen molar-refractivity contribution in [2.45, 2.75) is 39.3 Å². The number of benzene rings is 2. The number of hydrogen-bond donors (Lipinski definition) is 3. The zero-order valence-corrected chi connectivity index (χ0v) is 20.2. The lowest BCUT2D eigenvalue weighted by Crippen LogP contribution is -2.58. The first-order valence-electron chi connectivity index (χ1n) is 10.8. The smallest absolute Gasteiger partial charge is 0.404 e. The third-order valence-electron chi connectivity index (χ3n) is 5.61. The Morgan fingerprint density at radius 2 is 1.82 bits per heavy atom. The summed E-state index contributed by atoms with van der Waals surface area (Å²) < 4.78 is 16.4. The zero-order chi connectivity index (χ0) is 25.0. The predicted octanol–water partition coefficient (Wildman–Crippen LogP) is 4.90. The molecule has 0 aliphatic rings. The van der Waals surface area contributed by atoms with Crippen molar-refractivity contribution in [2.75, 3.05) is 0 Å². The maximum Gasteiger partial charge on any atom is 0.404 e. The Labute approximate surface area is 202 Å². The fourth-order valence-corrected chi connectivity index (χ4v) is 4.26. The van der Waals surface area contributed by atoms with E-state index in [1.54, 1.807) is 7.05 Å². The summed E-state index contributed by atoms with van der Waals surface area (Å²) in [5, 5.41) is 19.2. The molecule has 7 nitrogen and oxygen atoms in total. The van der Waals surface area contributed by atoms with Crippen LogP contribution in [0.5, 0.6) is 0 Å². The number of carboxylic acid groups (broad SMARTS) is 1. The zero-order valence-electron chi connectivity index (χ0n) is 19.5. The molecule has 0 radical (unpaired) electrons. The average molecular weight is 487 g/mol. The molecule has 3 rings (SSSR count). The third-order valence-corrected chi connectivity index (χ3v) is 5.89. The molecule has 0 bridgehead atoms. The number of nitrogens with one attached hydrogen (secondary N) is 2. The van der Waals surface area contributed by atoms with Crippen molar-refractivity contribution in [3.8, 4) is 11.3 Å². The quantitative estimate of drug-likeness (QED) is 0.442. The van der Waals surface area contributed by atoms with Gasteiger partial charge in [-0.25, -0.2) is 9.18 Å². The van der Waals surface area contributed by atoms with Gasteiger partial charge in [-0.3, -0.25) is 9.48 Å². The Morgan fingerprint density at radius 3 is 2.35 bits per heavy atom. The Hall–Kier alpha value is -3.39. The fourth-order valence-electron chi connectivity index (χ4n) is 3.99. The van der Waals surface area contributed by atoms with Crippen molar-refractivity contribution in [2.24, 2.45) is 12.5 Å². The Bertz CT molecular complexity index is 1160. The second-order valence-electron chi connectivity index (χ2n) is 9.22. The summed E-state index contributed by atoms with van der Waals surface area (Å²) in [6, 6.07) is 12.4. The first-order valence-corrected chi connectivity index (χ1v) is 11.2. The molecule has 0 aliphatic heterocycles. The molecule has 9 heteroatoms. The van der Waals surface area contributed by atoms with Gasteiger partial charge in [-0.15, -0.1) is 0 Å². The average Bonchev–Trinajstić information content (AvgIpc) is 3.09. The fraction of sp³-hybridized carbons (Fsp3) is 0.320. The summed E-state index contributed by atoms with van der Waals surface area (Å²) in [4.78, 5) is 24.7. The summed E-state index contributed by atoms with van der Waals surface area (Å²) in [5.41, 5.74) is 1.17. The predicted molar refractivity (Wildman–Crippen MR) is 129 cm³/mol. The van der Waals surface area contributed by atoms with E-state index in [0.29, 0.717) is 17.1 Å². The first-order chi connectivity index (χ1) is 16.0. The molecule has 180 valence electrons. The number of aromatic nitrogens is 2. The molecule has 0 spiro atoms. The Balaban J connectivity index is 1.91. The first kappa shape index (κ1) is 25.2. The van der Waals surface area contributed by atoms with E-state index in [2.05, 4.69) is 15.7 Å². The molecule has 0 saturated heterocycles. The van der Waals surface area contributed by atoms with Gasteiger partial charge in [0.2, 0.25) is 0 Å². The van der Waals surface area contributed by atoms with Gasteiger partial charge >= 0.3 is 6.09 Å². The minimum atomic E-state index is -1.18. The highest BCUT2D eigenvalue weighted by Gasteiger charge is 2.35. The number of hydrogen-bond acceptors (Lipinski definition) is 3. The van der Waals surface area contributed by atoms with Crippen molar-refractivity contribution in [1.82, 2.24) is 20.4 Å². The molecule has 3 N–H and O–H groups in total. The SMILES string of the molecule is Cn1ncc(Cl)c1-c1ccc(C(=O)NC(Cc2ccccc2)C(NC(=O)O)C(C)(C)C)cc1F. The molecular weight excluding hydrogens is 459 g/mol. The number of nitrogens with zero attached hydrogens (tertiary/aromatic N) is 2. The van der Waals surface area contributed by atoms with Crippen molar-refractivity contribution in [3.63, 3.8) is 0 Å². The number of rotatable bonds is 7. The molecule has 2 aromatic carbocycles. The molecule has 0 aliphatic carbocycles. The largest absolute Gasteiger partial charge is 0.465 e. The van der Waals surface area contributed by atoms with Crippen LogP contribution in [0.15, 0.2) is 54.7 Å². The Morgan fingerprint density at radius 1 is 1.15 bits per heavy atom. The van der Waals surface area contributed by atoms with E-state index < -0.39 is 35.3 Å². The van der Waals surface area contributed by atoms with E-state index in [1.807, 2.05) is 51.1 Å². The standard InChI is InChI=1S/C25H28ClFN4O3/c1-25(2,3)22(30-24(33)34)20(12-15-8-6-5-7-9-15)29-23(32)16-10-11-17(19(27)13-16)21-18(26)14-28-31(21)4/h5-11,13-14,20,22,30H,12H2,1-4H3,(H,29,32)(H,33,34). The van der Waals surface area contributed by atoms with Crippen LogP contribution in [0.3, 0.4) is 0 Å². The van der Waals surface area contributed by atoms with Crippen LogP contribution in [0.1, 0.15) is 36.7 Å². The summed E-state index contributed by atoms with van der Waals surface area (Å²) in [7, 11) is 1.65. The van der Waals surface area contributed by atoms with E-state index in [0.717, 1.165) is 11.6 Å². The van der Waals surface area contributed by atoms with Crippen LogP contribution in [0.4, 0.5) is 9.18 Å². The van der Waals surface area contributed by atoms with Gasteiger partial charge in [0.1, 0.15) is 5.82 Å². The molecule has 1 heterocycles. The van der Waals surface area contributed by atoms with Crippen molar-refractivity contribution in [3.05, 3.63) is 76.7 Å². The monoisotopic (exact) mass is 486 g/mol. The number of halogens is 2. The van der Waals surface area contributed by atoms with Crippen LogP contribution in [0, 0.1) is 11.2 Å². The van der Waals surface area contributed by atoms with Gasteiger partial charge in [0.25, 0.3) is 5.91 Å². The molecule has 2 atom stereocenters. The lowest BCUT2D eigenvalue weighted by molar-refractivity contribution is 0.0900. The number of amides is 2. The normalized spacial score (nSPS) is 13.2. The summed E-state index contributed by atoms with van der Waals surface area (Å²) in [6.07, 6.45) is 0.628. The molecule has 0 fully saturated rings. The summed E-state index contributed by atoms with van der Waals surface area (Å²) >= 11 is 6.13. The van der Waals surface area contributed by atoms with E-state index in [1.165, 1.54) is 23.0 Å². The highest BCUT2D eigenvalue weighted by molar-refractivity contribution is 6.33. The molecule has 2 amide bonds. The number of aryl methyl sites for hydroxylation is 1. The van der Waals surface area contributed by atoms with Gasteiger partial charge in [-0.1, -0.05) is 62.7 Å². The van der Waals surface area contributed by atoms with Crippen LogP contribution in [0.25, 0.3) is 11.3 Å². The van der Waals surface area contributed by atoms with Crippen LogP contribution in [-0.2, 0) is 13.5 Å². The molecule has 3 aromatic rings. The van der Waals surface area contributed by atoms with Crippen LogP contribution in [0.2, 0.25) is 5.02 Å². The molecule has 34 heavy (non-hydrogen) atoms. The van der Waals surface area contributed by atoms with Gasteiger partial charge in [0, 0.05) is 18.2 Å². The highest BCUT2D eigenvalue weighted by atomic mass is 35.5. The maximum absolute atomic E-state index is 15.0. The van der Waals surface area contributed by atoms with Gasteiger partial charge in [-0.2, -0.15) is 5.10 Å². The van der Waals surface area contributed by atoms with Gasteiger partial charge in [0.05, 0.1) is 29.0 Å². The minimum absolute atomic E-state index is 0.112. The maximum atomic E-state index is 15.0. The molecular formula is C25H28ClFN4O3. The third kappa shape index (κ3) is 5.94. The van der Waals surface area contributed by atoms with E-state index in [9.17, 15) is 19.1 Å². The van der Waals surface area contributed by atoms with E-state index in [4.69, 9.17) is 11.6 Å². The number of carbonyl (C=O) groups excluding carboxylic acids is 1. The van der Waals surface area contributed by atoms with Gasteiger partial charge < -0.3 is 15.7 Å². The van der Waals surface area contributed by atoms with Crippen molar-refractivity contribution in [1.29, 1.82) is 0 Å². The van der Waals surface area contributed by atoms with Crippen molar-refractivity contribution < 1.29 is 19.1 Å². The van der Waals surface area contributed by atoms with Gasteiger partial charge in [0.15, 0.2) is 0 Å². The van der Waals surface area contributed by atoms with Crippen LogP contribution in [-0.4, -0.2) is 39.0 Å². The highest BCUT2D eigenvalue weighted by Crippen LogP contribution is 2.30. The van der Waals surface area contributed by atoms with Crippen LogP contribution < -0.4 is 10.6 Å². The Kier molecular flexibility index (Phi) is 7.61. The second kappa shape index (κ2) is 10.3. The van der Waals surface area contributed by atoms with Crippen molar-refractivity contribution >= 4 is 23.6 Å². The van der Waals surface area contributed by atoms with Gasteiger partial charge in [-0.05, 0) is 35.6 Å². The van der Waals surface area contributed by atoms with E-state index >= 15 is 0 Å². The summed E-state index contributed by atoms with van der Waals surface area (Å²) in [5.74, 6) is -1.13. The minimum Gasteiger partial charge on any atom is -0.465 e. The topological polar surface area (TPSA) is 96.3 Å². The number of carbonyl (C=O) groups is 2. The molecule has 0 saturated carbocycles. The van der Waals surface area contributed by atoms with Crippen LogP contribution >= 0.6 is 11.6 Å². The lowest BCUT2D eigenvalue weighted by atomic mass is 9.80.